The Morgan fingerprint density at radius 1 is 1.19 bits per heavy atom. The third kappa shape index (κ3) is 4.08. The standard InChI is InChI=1S/C16H18F2N2O/c1-21-13-4-2-3-11(9-13)7-8-20-15-6-5-12(19)10-14(15)16(17)18/h2-6,9-10,16,20H,7-8,19H2,1H3. The Balaban J connectivity index is 2.00. The fourth-order valence-corrected chi connectivity index (χ4v) is 2.09. The van der Waals surface area contributed by atoms with Crippen molar-refractivity contribution >= 4 is 11.4 Å². The highest BCUT2D eigenvalue weighted by Crippen LogP contribution is 2.28. The zero-order valence-electron chi connectivity index (χ0n) is 11.8. The van der Waals surface area contributed by atoms with Crippen LogP contribution in [0.5, 0.6) is 5.75 Å². The number of benzene rings is 2. The van der Waals surface area contributed by atoms with Gasteiger partial charge >= 0.3 is 0 Å². The van der Waals surface area contributed by atoms with E-state index in [1.807, 2.05) is 24.3 Å². The van der Waals surface area contributed by atoms with Gasteiger partial charge in [0.1, 0.15) is 5.75 Å². The van der Waals surface area contributed by atoms with E-state index in [9.17, 15) is 8.78 Å². The number of nitrogens with one attached hydrogen (secondary N) is 1. The highest BCUT2D eigenvalue weighted by Gasteiger charge is 2.12. The summed E-state index contributed by atoms with van der Waals surface area (Å²) in [5.74, 6) is 0.785. The lowest BCUT2D eigenvalue weighted by atomic mass is 10.1. The molecule has 2 rings (SSSR count). The molecule has 112 valence electrons. The molecule has 0 heterocycles. The van der Waals surface area contributed by atoms with Crippen molar-refractivity contribution in [3.8, 4) is 5.75 Å². The minimum atomic E-state index is -2.55. The van der Waals surface area contributed by atoms with Crippen LogP contribution in [0.4, 0.5) is 20.2 Å². The average molecular weight is 292 g/mol. The number of halogens is 2. The fourth-order valence-electron chi connectivity index (χ4n) is 2.09. The van der Waals surface area contributed by atoms with Gasteiger partial charge in [0.2, 0.25) is 0 Å². The van der Waals surface area contributed by atoms with Crippen LogP contribution in [0.2, 0.25) is 0 Å². The Morgan fingerprint density at radius 2 is 2.00 bits per heavy atom. The molecule has 0 aromatic heterocycles. The summed E-state index contributed by atoms with van der Waals surface area (Å²) in [5.41, 5.74) is 7.31. The zero-order valence-corrected chi connectivity index (χ0v) is 11.8. The molecule has 5 heteroatoms. The smallest absolute Gasteiger partial charge is 0.265 e. The molecule has 0 aliphatic rings. The Morgan fingerprint density at radius 3 is 2.71 bits per heavy atom. The second-order valence-corrected chi connectivity index (χ2v) is 4.68. The largest absolute Gasteiger partial charge is 0.497 e. The lowest BCUT2D eigenvalue weighted by Gasteiger charge is -2.12. The van der Waals surface area contributed by atoms with Crippen molar-refractivity contribution in [2.75, 3.05) is 24.7 Å². The van der Waals surface area contributed by atoms with Gasteiger partial charge in [-0.2, -0.15) is 0 Å². The summed E-state index contributed by atoms with van der Waals surface area (Å²) in [7, 11) is 1.61. The maximum atomic E-state index is 12.9. The summed E-state index contributed by atoms with van der Waals surface area (Å²) in [6.07, 6.45) is -1.84. The van der Waals surface area contributed by atoms with Crippen LogP contribution in [0.15, 0.2) is 42.5 Å². The molecule has 0 unspecified atom stereocenters. The van der Waals surface area contributed by atoms with E-state index in [1.54, 1.807) is 19.2 Å². The molecule has 0 aliphatic carbocycles. The van der Waals surface area contributed by atoms with Crippen LogP contribution in [-0.2, 0) is 6.42 Å². The van der Waals surface area contributed by atoms with Crippen LogP contribution < -0.4 is 15.8 Å². The van der Waals surface area contributed by atoms with Crippen LogP contribution in [0.3, 0.4) is 0 Å². The summed E-state index contributed by atoms with van der Waals surface area (Å²) in [4.78, 5) is 0. The SMILES string of the molecule is COc1cccc(CCNc2ccc(N)cc2C(F)F)c1. The second-order valence-electron chi connectivity index (χ2n) is 4.68. The van der Waals surface area contributed by atoms with Crippen molar-refractivity contribution in [2.45, 2.75) is 12.8 Å². The molecule has 0 radical (unpaired) electrons. The molecule has 2 aromatic rings. The van der Waals surface area contributed by atoms with E-state index in [2.05, 4.69) is 5.32 Å². The lowest BCUT2D eigenvalue weighted by molar-refractivity contribution is 0.152. The number of methoxy groups -OCH3 is 1. The van der Waals surface area contributed by atoms with Crippen LogP contribution in [-0.4, -0.2) is 13.7 Å². The van der Waals surface area contributed by atoms with Crippen molar-refractivity contribution in [2.24, 2.45) is 0 Å². The first kappa shape index (κ1) is 15.1. The molecule has 3 nitrogen and oxygen atoms in total. The highest BCUT2D eigenvalue weighted by molar-refractivity contribution is 5.58. The third-order valence-electron chi connectivity index (χ3n) is 3.17. The number of nitrogens with two attached hydrogens (primary N) is 1. The quantitative estimate of drug-likeness (QED) is 0.795. The predicted molar refractivity (Wildman–Crippen MR) is 81.0 cm³/mol. The first-order valence-corrected chi connectivity index (χ1v) is 6.64. The summed E-state index contributed by atoms with van der Waals surface area (Å²) < 4.78 is 31.0. The maximum absolute atomic E-state index is 12.9. The van der Waals surface area contributed by atoms with E-state index < -0.39 is 6.43 Å². The highest BCUT2D eigenvalue weighted by atomic mass is 19.3. The Labute approximate surface area is 122 Å². The van der Waals surface area contributed by atoms with Gasteiger partial charge < -0.3 is 15.8 Å². The average Bonchev–Trinajstić information content (AvgIpc) is 2.48. The van der Waals surface area contributed by atoms with Crippen molar-refractivity contribution in [3.63, 3.8) is 0 Å². The number of hydrogen-bond acceptors (Lipinski definition) is 3. The van der Waals surface area contributed by atoms with Gasteiger partial charge in [-0.05, 0) is 42.3 Å². The van der Waals surface area contributed by atoms with Crippen LogP contribution in [0.1, 0.15) is 17.6 Å². The molecule has 0 fully saturated rings. The molecule has 21 heavy (non-hydrogen) atoms. The summed E-state index contributed by atoms with van der Waals surface area (Å²) in [6.45, 7) is 0.552. The summed E-state index contributed by atoms with van der Waals surface area (Å²) in [5, 5.41) is 3.03. The number of rotatable bonds is 6. The van der Waals surface area contributed by atoms with Crippen molar-refractivity contribution in [1.29, 1.82) is 0 Å². The predicted octanol–water partition coefficient (Wildman–Crippen LogP) is 3.87. The van der Waals surface area contributed by atoms with Crippen LogP contribution in [0, 0.1) is 0 Å². The lowest BCUT2D eigenvalue weighted by Crippen LogP contribution is -2.07. The number of hydrogen-bond donors (Lipinski definition) is 2. The number of anilines is 2. The summed E-state index contributed by atoms with van der Waals surface area (Å²) >= 11 is 0. The molecular weight excluding hydrogens is 274 g/mol. The van der Waals surface area contributed by atoms with Gasteiger partial charge in [-0.3, -0.25) is 0 Å². The van der Waals surface area contributed by atoms with E-state index >= 15 is 0 Å². The van der Waals surface area contributed by atoms with Gasteiger partial charge in [-0.1, -0.05) is 12.1 Å². The molecule has 0 aliphatic heterocycles. The van der Waals surface area contributed by atoms with E-state index in [4.69, 9.17) is 10.5 Å². The third-order valence-corrected chi connectivity index (χ3v) is 3.17. The number of nitrogen functional groups attached to an aromatic ring is 1. The first-order valence-electron chi connectivity index (χ1n) is 6.64. The van der Waals surface area contributed by atoms with Crippen molar-refractivity contribution < 1.29 is 13.5 Å². The molecule has 0 saturated heterocycles. The molecule has 0 amide bonds. The van der Waals surface area contributed by atoms with Gasteiger partial charge in [-0.25, -0.2) is 8.78 Å². The topological polar surface area (TPSA) is 47.3 Å². The Kier molecular flexibility index (Phi) is 4.98. The Hall–Kier alpha value is -2.30. The van der Waals surface area contributed by atoms with Crippen molar-refractivity contribution in [1.82, 2.24) is 0 Å². The van der Waals surface area contributed by atoms with Gasteiger partial charge in [0.25, 0.3) is 6.43 Å². The van der Waals surface area contributed by atoms with E-state index in [0.717, 1.165) is 11.3 Å². The molecule has 3 N–H and O–H groups in total. The van der Waals surface area contributed by atoms with Crippen molar-refractivity contribution in [3.05, 3.63) is 53.6 Å². The minimum Gasteiger partial charge on any atom is -0.497 e. The summed E-state index contributed by atoms with van der Waals surface area (Å²) in [6, 6.07) is 12.2. The van der Waals surface area contributed by atoms with Gasteiger partial charge in [0.05, 0.1) is 7.11 Å². The number of alkyl halides is 2. The molecule has 2 aromatic carbocycles. The van der Waals surface area contributed by atoms with Gasteiger partial charge in [0, 0.05) is 23.5 Å². The molecule has 0 atom stereocenters. The molecule has 0 bridgehead atoms. The fraction of sp³-hybridized carbons (Fsp3) is 0.250. The Bertz CT molecular complexity index is 603. The van der Waals surface area contributed by atoms with Crippen LogP contribution in [0.25, 0.3) is 0 Å². The monoisotopic (exact) mass is 292 g/mol. The van der Waals surface area contributed by atoms with E-state index in [1.165, 1.54) is 6.07 Å². The zero-order chi connectivity index (χ0) is 15.2. The maximum Gasteiger partial charge on any atom is 0.265 e. The molecule has 0 spiro atoms. The number of ether oxygens (including phenoxy) is 1. The van der Waals surface area contributed by atoms with Gasteiger partial charge in [-0.15, -0.1) is 0 Å². The van der Waals surface area contributed by atoms with Gasteiger partial charge in [0.15, 0.2) is 0 Å². The first-order chi connectivity index (χ1) is 10.1. The minimum absolute atomic E-state index is 0.0688. The van der Waals surface area contributed by atoms with E-state index in [0.29, 0.717) is 24.3 Å². The van der Waals surface area contributed by atoms with Crippen LogP contribution >= 0.6 is 0 Å². The molecule has 0 saturated carbocycles. The molecular formula is C16H18F2N2O. The normalized spacial score (nSPS) is 10.7. The second kappa shape index (κ2) is 6.92. The van der Waals surface area contributed by atoms with E-state index in [-0.39, 0.29) is 5.56 Å².